The maximum atomic E-state index is 13.7. The molecule has 1 saturated heterocycles. The quantitative estimate of drug-likeness (QED) is 0.830. The Hall–Kier alpha value is -1.90. The molecule has 0 N–H and O–H groups in total. The first-order chi connectivity index (χ1) is 11.8. The zero-order valence-corrected chi connectivity index (χ0v) is 14.0. The lowest BCUT2D eigenvalue weighted by Crippen LogP contribution is -2.42. The second-order valence-corrected chi connectivity index (χ2v) is 7.73. The first-order valence-corrected chi connectivity index (χ1v) is 9.25. The van der Waals surface area contributed by atoms with E-state index in [-0.39, 0.29) is 25.3 Å². The molecule has 1 unspecified atom stereocenters. The molecule has 1 atom stereocenters. The highest BCUT2D eigenvalue weighted by atomic mass is 32.2. The summed E-state index contributed by atoms with van der Waals surface area (Å²) in [4.78, 5) is 0. The Morgan fingerprint density at radius 2 is 1.72 bits per heavy atom. The van der Waals surface area contributed by atoms with Crippen LogP contribution in [-0.4, -0.2) is 32.4 Å². The van der Waals surface area contributed by atoms with E-state index in [0.29, 0.717) is 11.6 Å². The van der Waals surface area contributed by atoms with Crippen molar-refractivity contribution in [3.8, 4) is 0 Å². The SMILES string of the molecule is O=S(=O)(Cc1ccc(F)cc1F)N1CCOC(c2ccc(F)cc2)C1. The minimum atomic E-state index is -3.80. The summed E-state index contributed by atoms with van der Waals surface area (Å²) < 4.78 is 71.7. The lowest BCUT2D eigenvalue weighted by molar-refractivity contribution is -0.00263. The molecule has 1 aliphatic heterocycles. The lowest BCUT2D eigenvalue weighted by Gasteiger charge is -2.32. The first-order valence-electron chi connectivity index (χ1n) is 7.64. The highest BCUT2D eigenvalue weighted by molar-refractivity contribution is 7.88. The number of morpholine rings is 1. The molecule has 25 heavy (non-hydrogen) atoms. The number of sulfonamides is 1. The minimum Gasteiger partial charge on any atom is -0.371 e. The molecule has 2 aromatic carbocycles. The average molecular weight is 371 g/mol. The van der Waals surface area contributed by atoms with Gasteiger partial charge in [-0.1, -0.05) is 18.2 Å². The molecule has 1 aliphatic rings. The molecule has 2 aromatic rings. The van der Waals surface area contributed by atoms with E-state index in [1.54, 1.807) is 0 Å². The van der Waals surface area contributed by atoms with Crippen LogP contribution < -0.4 is 0 Å². The molecule has 4 nitrogen and oxygen atoms in total. The van der Waals surface area contributed by atoms with Gasteiger partial charge < -0.3 is 4.74 Å². The Bertz CT molecular complexity index is 856. The van der Waals surface area contributed by atoms with Crippen LogP contribution in [-0.2, 0) is 20.5 Å². The maximum Gasteiger partial charge on any atom is 0.218 e. The smallest absolute Gasteiger partial charge is 0.218 e. The largest absolute Gasteiger partial charge is 0.371 e. The van der Waals surface area contributed by atoms with Crippen molar-refractivity contribution < 1.29 is 26.3 Å². The molecule has 0 radical (unpaired) electrons. The van der Waals surface area contributed by atoms with Crippen molar-refractivity contribution in [3.05, 3.63) is 71.0 Å². The summed E-state index contributed by atoms with van der Waals surface area (Å²) in [5.41, 5.74) is 0.570. The van der Waals surface area contributed by atoms with Crippen LogP contribution in [0, 0.1) is 17.5 Å². The van der Waals surface area contributed by atoms with E-state index in [1.165, 1.54) is 28.6 Å². The van der Waals surface area contributed by atoms with Crippen molar-refractivity contribution in [1.82, 2.24) is 4.31 Å². The van der Waals surface area contributed by atoms with Crippen LogP contribution in [0.15, 0.2) is 42.5 Å². The third-order valence-electron chi connectivity index (χ3n) is 4.02. The lowest BCUT2D eigenvalue weighted by atomic mass is 10.1. The third kappa shape index (κ3) is 4.20. The molecule has 0 aliphatic carbocycles. The van der Waals surface area contributed by atoms with Crippen molar-refractivity contribution in [1.29, 1.82) is 0 Å². The van der Waals surface area contributed by atoms with Gasteiger partial charge in [-0.25, -0.2) is 21.6 Å². The molecule has 1 heterocycles. The van der Waals surface area contributed by atoms with E-state index in [0.717, 1.165) is 12.1 Å². The molecule has 0 bridgehead atoms. The average Bonchev–Trinajstić information content (AvgIpc) is 2.58. The minimum absolute atomic E-state index is 0.0524. The number of ether oxygens (including phenoxy) is 1. The van der Waals surface area contributed by atoms with Gasteiger partial charge in [0.25, 0.3) is 0 Å². The van der Waals surface area contributed by atoms with Gasteiger partial charge in [-0.15, -0.1) is 0 Å². The second-order valence-electron chi connectivity index (χ2n) is 5.76. The van der Waals surface area contributed by atoms with Crippen LogP contribution in [0.25, 0.3) is 0 Å². The van der Waals surface area contributed by atoms with E-state index >= 15 is 0 Å². The van der Waals surface area contributed by atoms with Crippen molar-refractivity contribution in [3.63, 3.8) is 0 Å². The van der Waals surface area contributed by atoms with Crippen molar-refractivity contribution >= 4 is 10.0 Å². The predicted molar refractivity (Wildman–Crippen MR) is 85.6 cm³/mol. The molecule has 0 spiro atoms. The van der Waals surface area contributed by atoms with Gasteiger partial charge in [0.2, 0.25) is 10.0 Å². The molecular weight excluding hydrogens is 355 g/mol. The van der Waals surface area contributed by atoms with Gasteiger partial charge in [0, 0.05) is 24.7 Å². The number of hydrogen-bond acceptors (Lipinski definition) is 3. The number of benzene rings is 2. The van der Waals surface area contributed by atoms with Crippen LogP contribution in [0.1, 0.15) is 17.2 Å². The normalized spacial score (nSPS) is 19.1. The molecule has 134 valence electrons. The van der Waals surface area contributed by atoms with Gasteiger partial charge in [-0.3, -0.25) is 0 Å². The summed E-state index contributed by atoms with van der Waals surface area (Å²) in [6.07, 6.45) is -0.526. The zero-order chi connectivity index (χ0) is 18.0. The zero-order valence-electron chi connectivity index (χ0n) is 13.2. The van der Waals surface area contributed by atoms with Crippen molar-refractivity contribution in [2.45, 2.75) is 11.9 Å². The molecule has 1 fully saturated rings. The Balaban J connectivity index is 1.76. The highest BCUT2D eigenvalue weighted by Crippen LogP contribution is 2.25. The van der Waals surface area contributed by atoms with Crippen LogP contribution in [0.3, 0.4) is 0 Å². The van der Waals surface area contributed by atoms with E-state index < -0.39 is 39.3 Å². The highest BCUT2D eigenvalue weighted by Gasteiger charge is 2.31. The fraction of sp³-hybridized carbons (Fsp3) is 0.294. The van der Waals surface area contributed by atoms with Crippen LogP contribution in [0.5, 0.6) is 0 Å². The predicted octanol–water partition coefficient (Wildman–Crippen LogP) is 3.01. The van der Waals surface area contributed by atoms with Crippen molar-refractivity contribution in [2.24, 2.45) is 0 Å². The van der Waals surface area contributed by atoms with Gasteiger partial charge in [-0.2, -0.15) is 4.31 Å². The summed E-state index contributed by atoms with van der Waals surface area (Å²) in [5, 5.41) is 0. The van der Waals surface area contributed by atoms with E-state index in [2.05, 4.69) is 0 Å². The topological polar surface area (TPSA) is 46.6 Å². The maximum absolute atomic E-state index is 13.7. The third-order valence-corrected chi connectivity index (χ3v) is 5.81. The molecule has 0 saturated carbocycles. The fourth-order valence-corrected chi connectivity index (χ4v) is 4.21. The van der Waals surface area contributed by atoms with Crippen LogP contribution in [0.2, 0.25) is 0 Å². The van der Waals surface area contributed by atoms with Crippen molar-refractivity contribution in [2.75, 3.05) is 19.7 Å². The summed E-state index contributed by atoms with van der Waals surface area (Å²) in [5.74, 6) is -2.61. The van der Waals surface area contributed by atoms with Crippen LogP contribution >= 0.6 is 0 Å². The van der Waals surface area contributed by atoms with E-state index in [9.17, 15) is 21.6 Å². The first kappa shape index (κ1) is 17.9. The Morgan fingerprint density at radius 3 is 2.40 bits per heavy atom. The van der Waals surface area contributed by atoms with Gasteiger partial charge in [-0.05, 0) is 23.8 Å². The molecule has 0 aromatic heterocycles. The Kier molecular flexibility index (Phi) is 5.12. The molecule has 8 heteroatoms. The Morgan fingerprint density at radius 1 is 1.04 bits per heavy atom. The van der Waals surface area contributed by atoms with E-state index in [1.807, 2.05) is 0 Å². The van der Waals surface area contributed by atoms with E-state index in [4.69, 9.17) is 4.74 Å². The molecule has 0 amide bonds. The number of nitrogens with zero attached hydrogens (tertiary/aromatic N) is 1. The summed E-state index contributed by atoms with van der Waals surface area (Å²) in [7, 11) is -3.80. The number of hydrogen-bond donors (Lipinski definition) is 0. The summed E-state index contributed by atoms with van der Waals surface area (Å²) in [6.45, 7) is 0.368. The monoisotopic (exact) mass is 371 g/mol. The number of rotatable bonds is 4. The standard InChI is InChI=1S/C17H16F3NO3S/c18-14-4-1-12(2-5-14)17-10-21(7-8-24-17)25(22,23)11-13-3-6-15(19)9-16(13)20/h1-6,9,17H,7-8,10-11H2. The van der Waals surface area contributed by atoms with Gasteiger partial charge in [0.1, 0.15) is 17.5 Å². The molecule has 3 rings (SSSR count). The summed E-state index contributed by atoms with van der Waals surface area (Å²) >= 11 is 0. The summed E-state index contributed by atoms with van der Waals surface area (Å²) in [6, 6.07) is 8.44. The van der Waals surface area contributed by atoms with Gasteiger partial charge in [0.05, 0.1) is 18.5 Å². The van der Waals surface area contributed by atoms with Gasteiger partial charge in [0.15, 0.2) is 0 Å². The number of halogens is 3. The van der Waals surface area contributed by atoms with Gasteiger partial charge >= 0.3 is 0 Å². The molecular formula is C17H16F3NO3S. The Labute approximate surface area is 143 Å². The fourth-order valence-electron chi connectivity index (χ4n) is 2.68. The second kappa shape index (κ2) is 7.15. The van der Waals surface area contributed by atoms with Crippen LogP contribution in [0.4, 0.5) is 13.2 Å².